The van der Waals surface area contributed by atoms with Crippen molar-refractivity contribution >= 4 is 24.7 Å². The van der Waals surface area contributed by atoms with Crippen LogP contribution in [0, 0.1) is 5.92 Å². The van der Waals surface area contributed by atoms with Crippen molar-refractivity contribution in [1.29, 1.82) is 0 Å². The summed E-state index contributed by atoms with van der Waals surface area (Å²) in [4.78, 5) is 22.8. The summed E-state index contributed by atoms with van der Waals surface area (Å²) in [6.45, 7) is 2.05. The van der Waals surface area contributed by atoms with Crippen molar-refractivity contribution in [2.24, 2.45) is 5.92 Å². The summed E-state index contributed by atoms with van der Waals surface area (Å²) < 4.78 is 4.60. The molecule has 6 heteroatoms. The second-order valence-corrected chi connectivity index (χ2v) is 4.44. The van der Waals surface area contributed by atoms with Crippen molar-refractivity contribution in [3.05, 3.63) is 0 Å². The molecule has 1 unspecified atom stereocenters. The molecule has 1 aliphatic heterocycles. The molecule has 0 saturated carbocycles. The third-order valence-corrected chi connectivity index (χ3v) is 3.71. The number of carbonyl (C=O) groups excluding carboxylic acids is 1. The minimum absolute atomic E-state index is 0.494. The molecule has 1 saturated heterocycles. The van der Waals surface area contributed by atoms with Gasteiger partial charge in [0.15, 0.2) is 0 Å². The summed E-state index contributed by atoms with van der Waals surface area (Å²) in [6.07, 6.45) is 0.796. The average Bonchev–Trinajstić information content (AvgIpc) is 2.59. The van der Waals surface area contributed by atoms with Gasteiger partial charge in [0, 0.05) is 6.54 Å². The van der Waals surface area contributed by atoms with Crippen LogP contribution in [0.15, 0.2) is 0 Å². The molecule has 1 amide bonds. The number of aliphatic carboxylic acids is 1. The number of carbonyl (C=O) groups is 2. The van der Waals surface area contributed by atoms with E-state index in [9.17, 15) is 9.59 Å². The number of amides is 1. The summed E-state index contributed by atoms with van der Waals surface area (Å²) in [6, 6.07) is 0. The van der Waals surface area contributed by atoms with Gasteiger partial charge in [-0.15, -0.1) is 0 Å². The van der Waals surface area contributed by atoms with E-state index in [1.165, 1.54) is 12.0 Å². The monoisotopic (exact) mass is 233 g/mol. The fourth-order valence-electron chi connectivity index (χ4n) is 1.83. The fraction of sp³-hybridized carbons (Fsp3) is 0.778. The van der Waals surface area contributed by atoms with Crippen molar-refractivity contribution in [2.75, 3.05) is 13.7 Å². The Balaban J connectivity index is 2.90. The highest BCUT2D eigenvalue weighted by Gasteiger charge is 2.48. The van der Waals surface area contributed by atoms with Crippen LogP contribution in [0.25, 0.3) is 0 Å². The van der Waals surface area contributed by atoms with Gasteiger partial charge in [0.05, 0.1) is 13.0 Å². The maximum absolute atomic E-state index is 11.4. The molecule has 1 rings (SSSR count). The second-order valence-electron chi connectivity index (χ2n) is 3.66. The molecule has 0 radical (unpaired) electrons. The molecule has 0 aromatic carbocycles. The predicted octanol–water partition coefficient (Wildman–Crippen LogP) is 1.20. The molecular weight excluding hydrogens is 218 g/mol. The highest BCUT2D eigenvalue weighted by atomic mass is 32.1. The van der Waals surface area contributed by atoms with Gasteiger partial charge in [-0.2, -0.15) is 12.6 Å². The first kappa shape index (κ1) is 12.2. The number of thiol groups is 1. The molecule has 1 aliphatic rings. The van der Waals surface area contributed by atoms with Gasteiger partial charge in [0.1, 0.15) is 4.87 Å². The van der Waals surface area contributed by atoms with Gasteiger partial charge in [-0.3, -0.25) is 9.69 Å². The quantitative estimate of drug-likeness (QED) is 0.703. The van der Waals surface area contributed by atoms with Gasteiger partial charge in [-0.05, 0) is 19.8 Å². The molecule has 5 nitrogen and oxygen atoms in total. The van der Waals surface area contributed by atoms with Crippen LogP contribution >= 0.6 is 12.6 Å². The number of carboxylic acids is 1. The summed E-state index contributed by atoms with van der Waals surface area (Å²) in [7, 11) is 1.28. The number of methoxy groups -OCH3 is 1. The molecule has 2 atom stereocenters. The van der Waals surface area contributed by atoms with Crippen LogP contribution in [-0.2, 0) is 9.53 Å². The van der Waals surface area contributed by atoms with Gasteiger partial charge >= 0.3 is 12.1 Å². The maximum atomic E-state index is 11.4. The van der Waals surface area contributed by atoms with Crippen molar-refractivity contribution in [3.8, 4) is 0 Å². The van der Waals surface area contributed by atoms with E-state index in [2.05, 4.69) is 17.4 Å². The van der Waals surface area contributed by atoms with E-state index in [1.807, 2.05) is 0 Å². The lowest BCUT2D eigenvalue weighted by Crippen LogP contribution is -2.49. The minimum Gasteiger partial charge on any atom is -0.481 e. The van der Waals surface area contributed by atoms with Crippen molar-refractivity contribution < 1.29 is 19.4 Å². The molecule has 1 fully saturated rings. The molecule has 0 spiro atoms. The van der Waals surface area contributed by atoms with E-state index < -0.39 is 22.9 Å². The van der Waals surface area contributed by atoms with Gasteiger partial charge in [-0.1, -0.05) is 0 Å². The van der Waals surface area contributed by atoms with Crippen molar-refractivity contribution in [3.63, 3.8) is 0 Å². The van der Waals surface area contributed by atoms with Crippen molar-refractivity contribution in [1.82, 2.24) is 4.90 Å². The Hall–Kier alpha value is -0.910. The van der Waals surface area contributed by atoms with Crippen LogP contribution in [0.1, 0.15) is 19.8 Å². The molecule has 1 N–H and O–H groups in total. The highest BCUT2D eigenvalue weighted by Crippen LogP contribution is 2.39. The zero-order valence-electron chi connectivity index (χ0n) is 8.77. The van der Waals surface area contributed by atoms with Crippen LogP contribution in [0.3, 0.4) is 0 Å². The molecule has 15 heavy (non-hydrogen) atoms. The fourth-order valence-corrected chi connectivity index (χ4v) is 2.28. The van der Waals surface area contributed by atoms with Crippen LogP contribution < -0.4 is 0 Å². The van der Waals surface area contributed by atoms with Gasteiger partial charge in [0.2, 0.25) is 0 Å². The summed E-state index contributed by atoms with van der Waals surface area (Å²) in [5, 5.41) is 8.95. The number of carboxylic acid groups (broad SMARTS) is 1. The van der Waals surface area contributed by atoms with Crippen LogP contribution in [0.4, 0.5) is 4.79 Å². The normalized spacial score (nSPS) is 27.5. The lowest BCUT2D eigenvalue weighted by atomic mass is 9.99. The Morgan fingerprint density at radius 3 is 2.67 bits per heavy atom. The van der Waals surface area contributed by atoms with Gasteiger partial charge < -0.3 is 9.84 Å². The van der Waals surface area contributed by atoms with Crippen LogP contribution in [0.5, 0.6) is 0 Å². The maximum Gasteiger partial charge on any atom is 0.410 e. The highest BCUT2D eigenvalue weighted by molar-refractivity contribution is 7.81. The SMILES string of the molecule is COC(=O)N1CCCC1(S)[C@@H](C)C(=O)O. The lowest BCUT2D eigenvalue weighted by Gasteiger charge is -2.36. The average molecular weight is 233 g/mol. The first-order chi connectivity index (χ1) is 6.93. The Bertz CT molecular complexity index is 283. The Morgan fingerprint density at radius 2 is 2.20 bits per heavy atom. The number of hydrogen-bond acceptors (Lipinski definition) is 4. The number of hydrogen-bond donors (Lipinski definition) is 2. The largest absolute Gasteiger partial charge is 0.481 e. The molecule has 0 aromatic rings. The molecule has 0 aromatic heterocycles. The first-order valence-electron chi connectivity index (χ1n) is 4.74. The van der Waals surface area contributed by atoms with E-state index in [1.54, 1.807) is 6.92 Å². The van der Waals surface area contributed by atoms with E-state index in [0.29, 0.717) is 13.0 Å². The number of nitrogens with zero attached hydrogens (tertiary/aromatic N) is 1. The summed E-state index contributed by atoms with van der Waals surface area (Å²) >= 11 is 4.35. The van der Waals surface area contributed by atoms with Crippen LogP contribution in [0.2, 0.25) is 0 Å². The Morgan fingerprint density at radius 1 is 1.60 bits per heavy atom. The number of ether oxygens (including phenoxy) is 1. The predicted molar refractivity (Wildman–Crippen MR) is 56.9 cm³/mol. The smallest absolute Gasteiger partial charge is 0.410 e. The van der Waals surface area contributed by atoms with Crippen molar-refractivity contribution in [2.45, 2.75) is 24.6 Å². The van der Waals surface area contributed by atoms with E-state index in [-0.39, 0.29) is 0 Å². The zero-order chi connectivity index (χ0) is 11.6. The summed E-state index contributed by atoms with van der Waals surface area (Å²) in [5.41, 5.74) is 0. The number of rotatable bonds is 2. The topological polar surface area (TPSA) is 66.8 Å². The molecule has 0 bridgehead atoms. The third-order valence-electron chi connectivity index (χ3n) is 2.85. The van der Waals surface area contributed by atoms with E-state index >= 15 is 0 Å². The third kappa shape index (κ3) is 2.04. The van der Waals surface area contributed by atoms with E-state index in [0.717, 1.165) is 6.42 Å². The zero-order valence-corrected chi connectivity index (χ0v) is 9.66. The molecule has 86 valence electrons. The second kappa shape index (κ2) is 4.30. The van der Waals surface area contributed by atoms with Gasteiger partial charge in [-0.25, -0.2) is 4.79 Å². The van der Waals surface area contributed by atoms with E-state index in [4.69, 9.17) is 5.11 Å². The molecular formula is C9H15NO4S. The minimum atomic E-state index is -0.958. The molecule has 1 heterocycles. The standard InChI is InChI=1S/C9H15NO4S/c1-6(7(11)12)9(15)4-3-5-10(9)8(13)14-2/h6,15H,3-5H2,1-2H3,(H,11,12)/t6-,9?/m0/s1. The first-order valence-corrected chi connectivity index (χ1v) is 5.19. The lowest BCUT2D eigenvalue weighted by molar-refractivity contribution is -0.143. The Labute approximate surface area is 93.8 Å². The Kier molecular flexibility index (Phi) is 3.49. The number of likely N-dealkylation sites (tertiary alicyclic amines) is 1. The molecule has 0 aliphatic carbocycles. The van der Waals surface area contributed by atoms with Crippen LogP contribution in [-0.4, -0.2) is 40.6 Å². The summed E-state index contributed by atoms with van der Waals surface area (Å²) in [5.74, 6) is -1.68. The van der Waals surface area contributed by atoms with Gasteiger partial charge in [0.25, 0.3) is 0 Å².